The third-order valence-electron chi connectivity index (χ3n) is 3.20. The highest BCUT2D eigenvalue weighted by Gasteiger charge is 2.22. The minimum Gasteiger partial charge on any atom is -0.390 e. The number of benzene rings is 1. The molecule has 1 aliphatic rings. The molecule has 16 heavy (non-hydrogen) atoms. The van der Waals surface area contributed by atoms with Crippen molar-refractivity contribution in [2.45, 2.75) is 25.9 Å². The SMILES string of the molecule is C[C@@H]1Cc2ccccc2-n2nc(CO)cc21. The van der Waals surface area contributed by atoms with Gasteiger partial charge in [-0.2, -0.15) is 5.10 Å². The zero-order chi connectivity index (χ0) is 11.1. The highest BCUT2D eigenvalue weighted by Crippen LogP contribution is 2.31. The summed E-state index contributed by atoms with van der Waals surface area (Å²) in [7, 11) is 0. The number of aromatic nitrogens is 2. The summed E-state index contributed by atoms with van der Waals surface area (Å²) in [4.78, 5) is 0. The number of aliphatic hydroxyl groups excluding tert-OH is 1. The number of fused-ring (bicyclic) bond motifs is 3. The van der Waals surface area contributed by atoms with E-state index in [-0.39, 0.29) is 6.61 Å². The molecular formula is C13H14N2O. The van der Waals surface area contributed by atoms with Crippen molar-refractivity contribution in [3.63, 3.8) is 0 Å². The Morgan fingerprint density at radius 3 is 3.06 bits per heavy atom. The molecular weight excluding hydrogens is 200 g/mol. The van der Waals surface area contributed by atoms with Gasteiger partial charge in [0.1, 0.15) is 0 Å². The van der Waals surface area contributed by atoms with E-state index in [2.05, 4.69) is 30.2 Å². The van der Waals surface area contributed by atoms with E-state index in [1.165, 1.54) is 11.3 Å². The molecule has 82 valence electrons. The average Bonchev–Trinajstić information content (AvgIpc) is 2.74. The van der Waals surface area contributed by atoms with E-state index < -0.39 is 0 Å². The third-order valence-corrected chi connectivity index (χ3v) is 3.20. The van der Waals surface area contributed by atoms with Crippen molar-refractivity contribution in [1.82, 2.24) is 9.78 Å². The van der Waals surface area contributed by atoms with Crippen molar-refractivity contribution >= 4 is 0 Å². The summed E-state index contributed by atoms with van der Waals surface area (Å²) >= 11 is 0. The van der Waals surface area contributed by atoms with Crippen LogP contribution in [-0.4, -0.2) is 14.9 Å². The second kappa shape index (κ2) is 3.46. The van der Waals surface area contributed by atoms with Gasteiger partial charge in [-0.1, -0.05) is 25.1 Å². The van der Waals surface area contributed by atoms with Gasteiger partial charge >= 0.3 is 0 Å². The van der Waals surface area contributed by atoms with Crippen LogP contribution in [0.2, 0.25) is 0 Å². The predicted molar refractivity (Wildman–Crippen MR) is 61.6 cm³/mol. The van der Waals surface area contributed by atoms with Crippen LogP contribution in [0.25, 0.3) is 5.69 Å². The van der Waals surface area contributed by atoms with Gasteiger partial charge in [-0.05, 0) is 24.1 Å². The standard InChI is InChI=1S/C13H14N2O/c1-9-6-10-4-2-3-5-12(10)15-13(9)7-11(8-16)14-15/h2-5,7,9,16H,6,8H2,1H3/t9-/m1/s1. The first-order valence-electron chi connectivity index (χ1n) is 5.57. The molecule has 0 spiro atoms. The van der Waals surface area contributed by atoms with Gasteiger partial charge in [0.25, 0.3) is 0 Å². The molecule has 0 saturated carbocycles. The largest absolute Gasteiger partial charge is 0.390 e. The lowest BCUT2D eigenvalue weighted by Crippen LogP contribution is -2.15. The molecule has 2 aromatic rings. The summed E-state index contributed by atoms with van der Waals surface area (Å²) in [6, 6.07) is 10.3. The monoisotopic (exact) mass is 214 g/mol. The molecule has 1 atom stereocenters. The Labute approximate surface area is 94.3 Å². The molecule has 0 bridgehead atoms. The lowest BCUT2D eigenvalue weighted by Gasteiger charge is -2.22. The molecule has 1 aromatic carbocycles. The fourth-order valence-corrected chi connectivity index (χ4v) is 2.39. The highest BCUT2D eigenvalue weighted by molar-refractivity contribution is 5.46. The number of aliphatic hydroxyl groups is 1. The van der Waals surface area contributed by atoms with Crippen molar-refractivity contribution in [1.29, 1.82) is 0 Å². The third kappa shape index (κ3) is 1.28. The topological polar surface area (TPSA) is 38.0 Å². The van der Waals surface area contributed by atoms with Gasteiger partial charge in [0.15, 0.2) is 0 Å². The first-order chi connectivity index (χ1) is 7.79. The van der Waals surface area contributed by atoms with E-state index in [9.17, 15) is 0 Å². The van der Waals surface area contributed by atoms with Crippen molar-refractivity contribution in [3.8, 4) is 5.69 Å². The van der Waals surface area contributed by atoms with E-state index in [0.717, 1.165) is 17.8 Å². The fourth-order valence-electron chi connectivity index (χ4n) is 2.39. The van der Waals surface area contributed by atoms with E-state index in [1.807, 2.05) is 16.8 Å². The Morgan fingerprint density at radius 1 is 1.44 bits per heavy atom. The van der Waals surface area contributed by atoms with Gasteiger partial charge in [0.05, 0.1) is 18.0 Å². The minimum absolute atomic E-state index is 0.00882. The molecule has 1 aromatic heterocycles. The maximum Gasteiger partial charge on any atom is 0.0886 e. The average molecular weight is 214 g/mol. The van der Waals surface area contributed by atoms with Crippen molar-refractivity contribution in [2.24, 2.45) is 0 Å². The number of nitrogens with zero attached hydrogens (tertiary/aromatic N) is 2. The van der Waals surface area contributed by atoms with Crippen LogP contribution in [0.4, 0.5) is 0 Å². The van der Waals surface area contributed by atoms with Crippen molar-refractivity contribution < 1.29 is 5.11 Å². The van der Waals surface area contributed by atoms with Gasteiger partial charge < -0.3 is 5.11 Å². The van der Waals surface area contributed by atoms with Crippen LogP contribution in [-0.2, 0) is 13.0 Å². The zero-order valence-electron chi connectivity index (χ0n) is 9.22. The van der Waals surface area contributed by atoms with Crippen LogP contribution in [0.3, 0.4) is 0 Å². The van der Waals surface area contributed by atoms with Crippen LogP contribution in [0.15, 0.2) is 30.3 Å². The van der Waals surface area contributed by atoms with E-state index in [0.29, 0.717) is 5.92 Å². The maximum atomic E-state index is 9.15. The Hall–Kier alpha value is -1.61. The number of rotatable bonds is 1. The summed E-state index contributed by atoms with van der Waals surface area (Å²) in [6.07, 6.45) is 1.05. The summed E-state index contributed by atoms with van der Waals surface area (Å²) in [5.74, 6) is 0.461. The molecule has 3 rings (SSSR count). The molecule has 0 amide bonds. The van der Waals surface area contributed by atoms with Crippen molar-refractivity contribution in [3.05, 3.63) is 47.3 Å². The summed E-state index contributed by atoms with van der Waals surface area (Å²) in [5.41, 5.74) is 4.42. The Balaban J connectivity index is 2.23. The van der Waals surface area contributed by atoms with Crippen LogP contribution in [0, 0.1) is 0 Å². The molecule has 0 unspecified atom stereocenters. The Bertz CT molecular complexity index is 530. The van der Waals surface area contributed by atoms with Crippen LogP contribution >= 0.6 is 0 Å². The molecule has 1 N–H and O–H groups in total. The quantitative estimate of drug-likeness (QED) is 0.788. The smallest absolute Gasteiger partial charge is 0.0886 e. The van der Waals surface area contributed by atoms with Crippen LogP contribution < -0.4 is 0 Å². The normalized spacial score (nSPS) is 18.0. The second-order valence-corrected chi connectivity index (χ2v) is 4.36. The predicted octanol–water partition coefficient (Wildman–Crippen LogP) is 2.02. The lowest BCUT2D eigenvalue weighted by molar-refractivity contribution is 0.276. The molecule has 3 heteroatoms. The molecule has 1 aliphatic heterocycles. The first kappa shape index (κ1) is 9.60. The van der Waals surface area contributed by atoms with Gasteiger partial charge in [-0.3, -0.25) is 0 Å². The zero-order valence-corrected chi connectivity index (χ0v) is 9.22. The minimum atomic E-state index is 0.00882. The van der Waals surface area contributed by atoms with Crippen LogP contribution in [0.1, 0.15) is 29.8 Å². The molecule has 2 heterocycles. The van der Waals surface area contributed by atoms with E-state index in [1.54, 1.807) is 0 Å². The van der Waals surface area contributed by atoms with E-state index in [4.69, 9.17) is 5.11 Å². The van der Waals surface area contributed by atoms with Crippen molar-refractivity contribution in [2.75, 3.05) is 0 Å². The number of hydrogen-bond donors (Lipinski definition) is 1. The number of hydrogen-bond acceptors (Lipinski definition) is 2. The Morgan fingerprint density at radius 2 is 2.25 bits per heavy atom. The highest BCUT2D eigenvalue weighted by atomic mass is 16.3. The molecule has 0 aliphatic carbocycles. The summed E-state index contributed by atoms with van der Waals surface area (Å²) in [5, 5.41) is 13.6. The molecule has 0 radical (unpaired) electrons. The van der Waals surface area contributed by atoms with Gasteiger partial charge in [0.2, 0.25) is 0 Å². The number of para-hydroxylation sites is 1. The maximum absolute atomic E-state index is 9.15. The van der Waals surface area contributed by atoms with E-state index >= 15 is 0 Å². The summed E-state index contributed by atoms with van der Waals surface area (Å²) < 4.78 is 1.97. The first-order valence-corrected chi connectivity index (χ1v) is 5.57. The molecule has 0 saturated heterocycles. The van der Waals surface area contributed by atoms with Gasteiger partial charge in [-0.25, -0.2) is 4.68 Å². The second-order valence-electron chi connectivity index (χ2n) is 4.36. The Kier molecular flexibility index (Phi) is 2.07. The lowest BCUT2D eigenvalue weighted by atomic mass is 9.93. The fraction of sp³-hybridized carbons (Fsp3) is 0.308. The van der Waals surface area contributed by atoms with Gasteiger partial charge in [-0.15, -0.1) is 0 Å². The summed E-state index contributed by atoms with van der Waals surface area (Å²) in [6.45, 7) is 2.21. The van der Waals surface area contributed by atoms with Gasteiger partial charge in [0, 0.05) is 11.6 Å². The molecule has 0 fully saturated rings. The van der Waals surface area contributed by atoms with Crippen LogP contribution in [0.5, 0.6) is 0 Å². The molecule has 3 nitrogen and oxygen atoms in total.